The van der Waals surface area contributed by atoms with Crippen molar-refractivity contribution in [3.63, 3.8) is 0 Å². The predicted octanol–water partition coefficient (Wildman–Crippen LogP) is 2.60. The number of carbonyl (C=O) groups is 1. The predicted molar refractivity (Wildman–Crippen MR) is 92.5 cm³/mol. The van der Waals surface area contributed by atoms with E-state index in [0.717, 1.165) is 43.9 Å². The van der Waals surface area contributed by atoms with Crippen LogP contribution in [0.15, 0.2) is 0 Å². The number of nitrogens with zero attached hydrogens (tertiary/aromatic N) is 3. The lowest BCUT2D eigenvalue weighted by atomic mass is 10.0. The van der Waals surface area contributed by atoms with Crippen LogP contribution in [0.1, 0.15) is 56.6 Å². The lowest BCUT2D eigenvalue weighted by Gasteiger charge is -2.29. The number of hydrogen-bond donors (Lipinski definition) is 2. The third-order valence-corrected chi connectivity index (χ3v) is 5.02. The number of aromatic amines is 1. The third-order valence-electron chi connectivity index (χ3n) is 5.02. The van der Waals surface area contributed by atoms with E-state index in [1.807, 2.05) is 18.7 Å². The number of nitrogens with one attached hydrogen (secondary N) is 2. The van der Waals surface area contributed by atoms with Crippen LogP contribution in [0, 0.1) is 13.8 Å². The van der Waals surface area contributed by atoms with Gasteiger partial charge in [0.2, 0.25) is 0 Å². The van der Waals surface area contributed by atoms with E-state index < -0.39 is 0 Å². The Morgan fingerprint density at radius 2 is 2.13 bits per heavy atom. The summed E-state index contributed by atoms with van der Waals surface area (Å²) in [4.78, 5) is 17.0. The van der Waals surface area contributed by atoms with Crippen LogP contribution in [0.25, 0.3) is 0 Å². The van der Waals surface area contributed by atoms with Gasteiger partial charge in [0.25, 0.3) is 0 Å². The molecular weight excluding hydrogens is 290 g/mol. The molecule has 23 heavy (non-hydrogen) atoms. The van der Waals surface area contributed by atoms with Crippen LogP contribution in [-0.4, -0.2) is 58.2 Å². The summed E-state index contributed by atoms with van der Waals surface area (Å²) in [6, 6.07) is 0.552. The minimum absolute atomic E-state index is 0.0477. The van der Waals surface area contributed by atoms with E-state index in [-0.39, 0.29) is 12.1 Å². The number of hydrogen-bond acceptors (Lipinski definition) is 3. The Morgan fingerprint density at radius 3 is 2.70 bits per heavy atom. The zero-order valence-corrected chi connectivity index (χ0v) is 15.1. The normalized spacial score (nSPS) is 19.4. The van der Waals surface area contributed by atoms with Gasteiger partial charge >= 0.3 is 6.03 Å². The fourth-order valence-electron chi connectivity index (χ4n) is 3.67. The van der Waals surface area contributed by atoms with Crippen molar-refractivity contribution in [2.75, 3.05) is 26.2 Å². The molecule has 1 aromatic rings. The van der Waals surface area contributed by atoms with Gasteiger partial charge in [-0.3, -0.25) is 10.00 Å². The van der Waals surface area contributed by atoms with Gasteiger partial charge in [0, 0.05) is 30.4 Å². The quantitative estimate of drug-likeness (QED) is 0.846. The van der Waals surface area contributed by atoms with Gasteiger partial charge in [-0.05, 0) is 46.7 Å². The van der Waals surface area contributed by atoms with Crippen molar-refractivity contribution in [2.24, 2.45) is 0 Å². The molecule has 1 saturated heterocycles. The fraction of sp³-hybridized carbons (Fsp3) is 0.765. The summed E-state index contributed by atoms with van der Waals surface area (Å²) in [6.45, 7) is 14.0. The van der Waals surface area contributed by atoms with Gasteiger partial charge in [-0.1, -0.05) is 13.8 Å². The van der Waals surface area contributed by atoms with Crippen LogP contribution in [-0.2, 0) is 0 Å². The highest BCUT2D eigenvalue weighted by molar-refractivity contribution is 5.75. The number of urea groups is 1. The molecule has 6 nitrogen and oxygen atoms in total. The van der Waals surface area contributed by atoms with Crippen molar-refractivity contribution in [2.45, 2.75) is 59.5 Å². The molecule has 130 valence electrons. The maximum Gasteiger partial charge on any atom is 0.317 e. The Hall–Kier alpha value is -1.56. The number of H-pyrrole nitrogens is 1. The first-order chi connectivity index (χ1) is 11.0. The van der Waals surface area contributed by atoms with Crippen molar-refractivity contribution in [1.29, 1.82) is 0 Å². The number of rotatable bonds is 6. The van der Waals surface area contributed by atoms with Crippen LogP contribution in [0.5, 0.6) is 0 Å². The summed E-state index contributed by atoms with van der Waals surface area (Å²) in [5, 5.41) is 10.4. The van der Waals surface area contributed by atoms with Gasteiger partial charge in [-0.15, -0.1) is 0 Å². The standard InChI is InChI=1S/C17H31N5O/c1-6-21(7-2)12(3)11-18-17(23)22-10-8-9-15(22)16-13(4)19-20-14(16)5/h12,15H,6-11H2,1-5H3,(H,18,23)(H,19,20)/t12-,15-/m0/s1. The number of aromatic nitrogens is 2. The number of likely N-dealkylation sites (N-methyl/N-ethyl adjacent to an activating group) is 1. The summed E-state index contributed by atoms with van der Waals surface area (Å²) < 4.78 is 0. The van der Waals surface area contributed by atoms with Crippen LogP contribution < -0.4 is 5.32 Å². The summed E-state index contributed by atoms with van der Waals surface area (Å²) >= 11 is 0. The Balaban J connectivity index is 1.99. The molecule has 0 unspecified atom stereocenters. The average Bonchev–Trinajstić information content (AvgIpc) is 3.12. The van der Waals surface area contributed by atoms with Crippen LogP contribution in [0.4, 0.5) is 4.79 Å². The maximum atomic E-state index is 12.6. The minimum atomic E-state index is 0.0477. The highest BCUT2D eigenvalue weighted by Gasteiger charge is 2.33. The molecule has 0 aromatic carbocycles. The van der Waals surface area contributed by atoms with Gasteiger partial charge < -0.3 is 10.2 Å². The fourth-order valence-corrected chi connectivity index (χ4v) is 3.67. The van der Waals surface area contributed by atoms with E-state index in [1.54, 1.807) is 0 Å². The molecule has 0 radical (unpaired) electrons. The Labute approximate surface area is 139 Å². The molecule has 0 aliphatic carbocycles. The zero-order valence-electron chi connectivity index (χ0n) is 15.1. The lowest BCUT2D eigenvalue weighted by molar-refractivity contribution is 0.182. The Bertz CT molecular complexity index is 504. The lowest BCUT2D eigenvalue weighted by Crippen LogP contribution is -2.46. The largest absolute Gasteiger partial charge is 0.336 e. The first kappa shape index (κ1) is 17.8. The van der Waals surface area contributed by atoms with Crippen molar-refractivity contribution in [3.05, 3.63) is 17.0 Å². The molecule has 2 amide bonds. The summed E-state index contributed by atoms with van der Waals surface area (Å²) in [5.41, 5.74) is 3.27. The van der Waals surface area contributed by atoms with Crippen molar-refractivity contribution >= 4 is 6.03 Å². The van der Waals surface area contributed by atoms with Gasteiger partial charge in [-0.2, -0.15) is 5.10 Å². The van der Waals surface area contributed by atoms with E-state index in [4.69, 9.17) is 0 Å². The van der Waals surface area contributed by atoms with Gasteiger partial charge in [-0.25, -0.2) is 4.79 Å². The molecule has 0 spiro atoms. The topological polar surface area (TPSA) is 64.3 Å². The second-order valence-electron chi connectivity index (χ2n) is 6.46. The van der Waals surface area contributed by atoms with E-state index in [0.29, 0.717) is 12.6 Å². The first-order valence-corrected chi connectivity index (χ1v) is 8.79. The van der Waals surface area contributed by atoms with Gasteiger partial charge in [0.1, 0.15) is 0 Å². The number of aryl methyl sites for hydroxylation is 2. The molecular formula is C17H31N5O. The zero-order chi connectivity index (χ0) is 17.0. The maximum absolute atomic E-state index is 12.6. The monoisotopic (exact) mass is 321 g/mol. The molecule has 2 heterocycles. The third kappa shape index (κ3) is 3.86. The number of amides is 2. The average molecular weight is 321 g/mol. The van der Waals surface area contributed by atoms with E-state index in [1.165, 1.54) is 5.56 Å². The first-order valence-electron chi connectivity index (χ1n) is 8.79. The minimum Gasteiger partial charge on any atom is -0.336 e. The van der Waals surface area contributed by atoms with Crippen molar-refractivity contribution < 1.29 is 4.79 Å². The molecule has 0 bridgehead atoms. The van der Waals surface area contributed by atoms with Crippen LogP contribution >= 0.6 is 0 Å². The van der Waals surface area contributed by atoms with Gasteiger partial charge in [0.15, 0.2) is 0 Å². The molecule has 1 aliphatic rings. The molecule has 6 heteroatoms. The van der Waals surface area contributed by atoms with E-state index in [9.17, 15) is 4.79 Å². The molecule has 1 aromatic heterocycles. The van der Waals surface area contributed by atoms with Crippen molar-refractivity contribution in [1.82, 2.24) is 25.3 Å². The molecule has 2 atom stereocenters. The second kappa shape index (κ2) is 7.81. The van der Waals surface area contributed by atoms with Crippen molar-refractivity contribution in [3.8, 4) is 0 Å². The van der Waals surface area contributed by atoms with E-state index >= 15 is 0 Å². The van der Waals surface area contributed by atoms with Crippen LogP contribution in [0.3, 0.4) is 0 Å². The molecule has 2 rings (SSSR count). The number of likely N-dealkylation sites (tertiary alicyclic amines) is 1. The smallest absolute Gasteiger partial charge is 0.317 e. The molecule has 0 saturated carbocycles. The Morgan fingerprint density at radius 1 is 1.43 bits per heavy atom. The molecule has 1 fully saturated rings. The molecule has 1 aliphatic heterocycles. The van der Waals surface area contributed by atoms with Gasteiger partial charge in [0.05, 0.1) is 11.7 Å². The number of carbonyl (C=O) groups excluding carboxylic acids is 1. The van der Waals surface area contributed by atoms with E-state index in [2.05, 4.69) is 41.2 Å². The highest BCUT2D eigenvalue weighted by atomic mass is 16.2. The summed E-state index contributed by atoms with van der Waals surface area (Å²) in [7, 11) is 0. The summed E-state index contributed by atoms with van der Waals surface area (Å²) in [6.07, 6.45) is 2.06. The highest BCUT2D eigenvalue weighted by Crippen LogP contribution is 2.34. The second-order valence-corrected chi connectivity index (χ2v) is 6.46. The summed E-state index contributed by atoms with van der Waals surface area (Å²) in [5.74, 6) is 0. The van der Waals surface area contributed by atoms with Crippen LogP contribution in [0.2, 0.25) is 0 Å². The molecule has 2 N–H and O–H groups in total. The Kier molecular flexibility index (Phi) is 6.04. The SMILES string of the molecule is CCN(CC)[C@@H](C)CNC(=O)N1CCC[C@H]1c1c(C)n[nH]c1C.